The highest BCUT2D eigenvalue weighted by atomic mass is 19.1. The van der Waals surface area contributed by atoms with E-state index in [1.807, 2.05) is 26.2 Å². The molecule has 0 unspecified atom stereocenters. The van der Waals surface area contributed by atoms with Crippen molar-refractivity contribution in [2.45, 2.75) is 51.6 Å². The van der Waals surface area contributed by atoms with Crippen LogP contribution in [0.25, 0.3) is 22.1 Å². The average Bonchev–Trinajstić information content (AvgIpc) is 3.81. The number of hydrogen-bond acceptors (Lipinski definition) is 13. The molecule has 6 aromatic heterocycles. The third-order valence-electron chi connectivity index (χ3n) is 10.2. The smallest absolute Gasteiger partial charge is 0.338 e. The zero-order chi connectivity index (χ0) is 42.4. The van der Waals surface area contributed by atoms with Crippen LogP contribution in [0.15, 0.2) is 49.3 Å². The van der Waals surface area contributed by atoms with Gasteiger partial charge in [-0.25, -0.2) is 33.5 Å². The molecule has 10 N–H and O–H groups in total. The Balaban J connectivity index is 0.000000166. The number of piperidine rings is 2. The average molecular weight is 805 g/mol. The molecular weight excluding hydrogens is 763 g/mol. The van der Waals surface area contributed by atoms with Gasteiger partial charge in [-0.2, -0.15) is 10.5 Å². The number of nitrogen functional groups attached to an aromatic ring is 2. The van der Waals surface area contributed by atoms with Crippen LogP contribution in [0.4, 0.5) is 31.8 Å². The van der Waals surface area contributed by atoms with Gasteiger partial charge in [0.1, 0.15) is 40.6 Å². The lowest BCUT2D eigenvalue weighted by molar-refractivity contribution is 0.0691. The number of aromatic carboxylic acids is 1. The number of aromatic amines is 2. The highest BCUT2D eigenvalue weighted by molar-refractivity contribution is 5.97. The number of halogens is 2. The molecule has 2 aliphatic rings. The van der Waals surface area contributed by atoms with Crippen molar-refractivity contribution in [3.8, 4) is 12.1 Å². The summed E-state index contributed by atoms with van der Waals surface area (Å²) in [5, 5.41) is 32.1. The van der Waals surface area contributed by atoms with Gasteiger partial charge >= 0.3 is 5.97 Å². The van der Waals surface area contributed by atoms with E-state index in [2.05, 4.69) is 57.2 Å². The Morgan fingerprint density at radius 2 is 1.20 bits per heavy atom. The predicted octanol–water partition coefficient (Wildman–Crippen LogP) is 4.43. The molecule has 304 valence electrons. The first-order valence-electron chi connectivity index (χ1n) is 18.6. The van der Waals surface area contributed by atoms with Crippen molar-refractivity contribution in [3.63, 3.8) is 0 Å². The van der Waals surface area contributed by atoms with Crippen molar-refractivity contribution in [1.82, 2.24) is 35.2 Å². The van der Waals surface area contributed by atoms with E-state index in [1.54, 1.807) is 12.4 Å². The standard InChI is InChI=1S/C20H20FN7O.C14H17N5.C6H5FN2O2/c1-11-8-25-19-17(11)18(12(7-22)9-26-19)28-4-2-13(3-5-28)27-20(29)14-6-16(23)24-10-15(14)21;1-9-7-17-14-12(9)13(10(6-15)8-18-14)19-4-2-11(16)3-5-19;7-4-2-9-5(8)1-3(4)6(10)11/h6,8-10,13H,2-5H2,1H3,(H2,23,24)(H,25,26)(H,27,29);7-8,11H,2-5,16H2,1H3,(H,17,18);1-2H,(H2,8,9)(H,10,11). The minimum atomic E-state index is -1.35. The molecule has 2 fully saturated rings. The topological polar surface area (TPSA) is 282 Å². The Morgan fingerprint density at radius 1 is 0.763 bits per heavy atom. The first-order chi connectivity index (χ1) is 28.3. The molecule has 17 nitrogen and oxygen atoms in total. The van der Waals surface area contributed by atoms with E-state index in [4.69, 9.17) is 22.3 Å². The number of pyridine rings is 4. The zero-order valence-corrected chi connectivity index (χ0v) is 32.3. The fourth-order valence-corrected chi connectivity index (χ4v) is 7.17. The number of aromatic nitrogens is 6. The molecule has 8 heterocycles. The molecule has 0 atom stereocenters. The number of anilines is 4. The molecule has 59 heavy (non-hydrogen) atoms. The summed E-state index contributed by atoms with van der Waals surface area (Å²) in [6, 6.07) is 6.89. The molecule has 0 aromatic carbocycles. The van der Waals surface area contributed by atoms with Gasteiger partial charge in [-0.05, 0) is 62.8 Å². The minimum absolute atomic E-state index is 0.0104. The van der Waals surface area contributed by atoms with Gasteiger partial charge in [0, 0.05) is 73.8 Å². The van der Waals surface area contributed by atoms with Crippen molar-refractivity contribution < 1.29 is 23.5 Å². The van der Waals surface area contributed by atoms with E-state index in [0.717, 1.165) is 89.0 Å². The van der Waals surface area contributed by atoms with Gasteiger partial charge in [0.15, 0.2) is 11.6 Å². The maximum atomic E-state index is 13.9. The molecule has 0 saturated carbocycles. The fraction of sp³-hybridized carbons (Fsp3) is 0.300. The number of carboxylic acid groups (broad SMARTS) is 1. The van der Waals surface area contributed by atoms with Crippen molar-refractivity contribution in [2.75, 3.05) is 47.4 Å². The molecule has 0 spiro atoms. The van der Waals surface area contributed by atoms with Crippen LogP contribution >= 0.6 is 0 Å². The van der Waals surface area contributed by atoms with Crippen molar-refractivity contribution in [2.24, 2.45) is 5.73 Å². The second-order valence-corrected chi connectivity index (χ2v) is 14.2. The van der Waals surface area contributed by atoms with Gasteiger partial charge in [-0.15, -0.1) is 0 Å². The lowest BCUT2D eigenvalue weighted by atomic mass is 10.0. The van der Waals surface area contributed by atoms with E-state index in [9.17, 15) is 28.9 Å². The molecule has 2 aliphatic heterocycles. The normalized spacial score (nSPS) is 14.4. The third-order valence-corrected chi connectivity index (χ3v) is 10.2. The highest BCUT2D eigenvalue weighted by Crippen LogP contribution is 2.34. The Kier molecular flexibility index (Phi) is 12.5. The maximum Gasteiger partial charge on any atom is 0.338 e. The molecule has 8 rings (SSSR count). The van der Waals surface area contributed by atoms with E-state index in [-0.39, 0.29) is 29.3 Å². The largest absolute Gasteiger partial charge is 0.478 e. The number of fused-ring (bicyclic) bond motifs is 2. The quantitative estimate of drug-likeness (QED) is 0.127. The number of H-pyrrole nitrogens is 2. The number of nitrogens with zero attached hydrogens (tertiary/aromatic N) is 8. The number of amides is 1. The molecular formula is C40H42F2N14O3. The first kappa shape index (κ1) is 41.3. The number of carboxylic acids is 1. The van der Waals surface area contributed by atoms with Crippen LogP contribution in [0.3, 0.4) is 0 Å². The Labute approximate surface area is 336 Å². The molecule has 1 amide bonds. The maximum absolute atomic E-state index is 13.9. The summed E-state index contributed by atoms with van der Waals surface area (Å²) < 4.78 is 26.4. The monoisotopic (exact) mass is 804 g/mol. The molecule has 6 aromatic rings. The Morgan fingerprint density at radius 3 is 1.64 bits per heavy atom. The number of hydrogen-bond donors (Lipinski definition) is 7. The van der Waals surface area contributed by atoms with E-state index in [0.29, 0.717) is 37.1 Å². The fourth-order valence-electron chi connectivity index (χ4n) is 7.17. The summed E-state index contributed by atoms with van der Waals surface area (Å²) in [5.41, 5.74) is 22.9. The third kappa shape index (κ3) is 9.11. The van der Waals surface area contributed by atoms with Crippen LogP contribution in [-0.4, -0.2) is 85.1 Å². The number of nitriles is 2. The molecule has 0 radical (unpaired) electrons. The van der Waals surface area contributed by atoms with Gasteiger partial charge < -0.3 is 47.4 Å². The van der Waals surface area contributed by atoms with Gasteiger partial charge in [0.05, 0.1) is 40.5 Å². The number of rotatable bonds is 5. The van der Waals surface area contributed by atoms with E-state index < -0.39 is 29.1 Å². The summed E-state index contributed by atoms with van der Waals surface area (Å²) in [5.74, 6) is -3.35. The van der Waals surface area contributed by atoms with Crippen molar-refractivity contribution in [3.05, 3.63) is 94.3 Å². The van der Waals surface area contributed by atoms with Crippen molar-refractivity contribution in [1.29, 1.82) is 10.5 Å². The van der Waals surface area contributed by atoms with E-state index in [1.165, 1.54) is 6.07 Å². The number of carbonyl (C=O) groups is 2. The summed E-state index contributed by atoms with van der Waals surface area (Å²) >= 11 is 0. The first-order valence-corrected chi connectivity index (χ1v) is 18.6. The minimum Gasteiger partial charge on any atom is -0.478 e. The van der Waals surface area contributed by atoms with Crippen LogP contribution in [0.5, 0.6) is 0 Å². The SMILES string of the molecule is Cc1c[nH]c2ncc(C#N)c(N3CCC(N)CC3)c12.Cc1c[nH]c2ncc(C#N)c(N3CCC(NC(=O)c4cc(N)ncc4F)CC3)c12.Nc1cc(C(=O)O)c(F)cn1. The van der Waals surface area contributed by atoms with Crippen LogP contribution in [0, 0.1) is 48.1 Å². The lowest BCUT2D eigenvalue weighted by Crippen LogP contribution is -2.45. The van der Waals surface area contributed by atoms with E-state index >= 15 is 0 Å². The summed E-state index contributed by atoms with van der Waals surface area (Å²) in [6.07, 6.45) is 12.1. The molecule has 0 aliphatic carbocycles. The number of nitrogens with two attached hydrogens (primary N) is 3. The van der Waals surface area contributed by atoms with Gasteiger partial charge in [0.2, 0.25) is 0 Å². The van der Waals surface area contributed by atoms with Crippen LogP contribution in [-0.2, 0) is 0 Å². The van der Waals surface area contributed by atoms with Crippen LogP contribution < -0.4 is 32.3 Å². The second-order valence-electron chi connectivity index (χ2n) is 14.2. The summed E-state index contributed by atoms with van der Waals surface area (Å²) in [7, 11) is 0. The molecule has 19 heteroatoms. The highest BCUT2D eigenvalue weighted by Gasteiger charge is 2.27. The lowest BCUT2D eigenvalue weighted by Gasteiger charge is -2.34. The zero-order valence-electron chi connectivity index (χ0n) is 32.3. The predicted molar refractivity (Wildman–Crippen MR) is 217 cm³/mol. The Hall–Kier alpha value is -7.38. The summed E-state index contributed by atoms with van der Waals surface area (Å²) in [6.45, 7) is 7.14. The van der Waals surface area contributed by atoms with Crippen molar-refractivity contribution >= 4 is 57.0 Å². The van der Waals surface area contributed by atoms with Gasteiger partial charge in [0.25, 0.3) is 5.91 Å². The van der Waals surface area contributed by atoms with Crippen LogP contribution in [0.1, 0.15) is 68.7 Å². The van der Waals surface area contributed by atoms with Gasteiger partial charge in [-0.3, -0.25) is 4.79 Å². The number of nitrogens with one attached hydrogen (secondary N) is 3. The summed E-state index contributed by atoms with van der Waals surface area (Å²) in [4.78, 5) is 49.0. The van der Waals surface area contributed by atoms with Gasteiger partial charge in [-0.1, -0.05) is 0 Å². The van der Waals surface area contributed by atoms with Crippen LogP contribution in [0.2, 0.25) is 0 Å². The Bertz CT molecular complexity index is 2600. The number of aryl methyl sites for hydroxylation is 2. The molecule has 0 bridgehead atoms. The number of carbonyl (C=O) groups excluding carboxylic acids is 1. The molecule has 2 saturated heterocycles. The second kappa shape index (κ2) is 17.8.